The third-order valence-electron chi connectivity index (χ3n) is 4.94. The lowest BCUT2D eigenvalue weighted by Crippen LogP contribution is -3.15. The van der Waals surface area contributed by atoms with Crippen molar-refractivity contribution in [3.63, 3.8) is 0 Å². The number of benzene rings is 2. The van der Waals surface area contributed by atoms with Gasteiger partial charge in [-0.15, -0.1) is 0 Å². The van der Waals surface area contributed by atoms with Gasteiger partial charge in [-0.05, 0) is 36.8 Å². The highest BCUT2D eigenvalue weighted by atomic mass is 16.6. The number of nitro groups is 1. The van der Waals surface area contributed by atoms with Gasteiger partial charge in [-0.25, -0.2) is 0 Å². The Morgan fingerprint density at radius 3 is 2.50 bits per heavy atom. The number of nitrogens with one attached hydrogen (secondary N) is 2. The summed E-state index contributed by atoms with van der Waals surface area (Å²) < 4.78 is 5.31. The first-order valence-corrected chi connectivity index (χ1v) is 9.23. The van der Waals surface area contributed by atoms with E-state index >= 15 is 0 Å². The third-order valence-corrected chi connectivity index (χ3v) is 4.94. The lowest BCUT2D eigenvalue weighted by atomic mass is 10.2. The number of carbonyl (C=O) groups excluding carboxylic acids is 1. The van der Waals surface area contributed by atoms with Crippen LogP contribution in [0.3, 0.4) is 0 Å². The van der Waals surface area contributed by atoms with Gasteiger partial charge in [-0.1, -0.05) is 6.07 Å². The largest absolute Gasteiger partial charge is 0.495 e. The average Bonchev–Trinajstić information content (AvgIpc) is 2.69. The maximum absolute atomic E-state index is 12.4. The second-order valence-corrected chi connectivity index (χ2v) is 6.94. The Morgan fingerprint density at radius 2 is 1.89 bits per heavy atom. The zero-order valence-corrected chi connectivity index (χ0v) is 16.1. The number of rotatable bonds is 6. The minimum atomic E-state index is -0.395. The molecule has 2 N–H and O–H groups in total. The van der Waals surface area contributed by atoms with Gasteiger partial charge in [0.15, 0.2) is 6.54 Å². The summed E-state index contributed by atoms with van der Waals surface area (Å²) in [7, 11) is 1.59. The van der Waals surface area contributed by atoms with E-state index in [4.69, 9.17) is 4.74 Å². The number of hydrogen-bond acceptors (Lipinski definition) is 5. The number of quaternary nitrogens is 1. The summed E-state index contributed by atoms with van der Waals surface area (Å²) in [5, 5.41) is 13.7. The van der Waals surface area contributed by atoms with Crippen LogP contribution in [-0.2, 0) is 4.79 Å². The molecule has 1 aliphatic heterocycles. The van der Waals surface area contributed by atoms with E-state index in [2.05, 4.69) is 10.2 Å². The Hall–Kier alpha value is -3.13. The summed E-state index contributed by atoms with van der Waals surface area (Å²) in [6, 6.07) is 12.3. The predicted octanol–water partition coefficient (Wildman–Crippen LogP) is 1.26. The van der Waals surface area contributed by atoms with Gasteiger partial charge in [0.25, 0.3) is 11.6 Å². The normalized spacial score (nSPS) is 14.6. The minimum Gasteiger partial charge on any atom is -0.495 e. The molecule has 1 aliphatic rings. The molecule has 8 heteroatoms. The van der Waals surface area contributed by atoms with Crippen molar-refractivity contribution < 1.29 is 19.4 Å². The fraction of sp³-hybridized carbons (Fsp3) is 0.350. The van der Waals surface area contributed by atoms with Gasteiger partial charge in [-0.3, -0.25) is 14.9 Å². The van der Waals surface area contributed by atoms with E-state index in [1.54, 1.807) is 19.2 Å². The molecule has 28 heavy (non-hydrogen) atoms. The van der Waals surface area contributed by atoms with E-state index in [0.29, 0.717) is 18.0 Å². The van der Waals surface area contributed by atoms with E-state index in [9.17, 15) is 14.9 Å². The molecule has 1 heterocycles. The van der Waals surface area contributed by atoms with Crippen LogP contribution in [0.1, 0.15) is 5.56 Å². The first kappa shape index (κ1) is 19.6. The lowest BCUT2D eigenvalue weighted by molar-refractivity contribution is -0.892. The van der Waals surface area contributed by atoms with Gasteiger partial charge < -0.3 is 19.9 Å². The Balaban J connectivity index is 1.52. The summed E-state index contributed by atoms with van der Waals surface area (Å²) >= 11 is 0. The van der Waals surface area contributed by atoms with Crippen molar-refractivity contribution in [2.45, 2.75) is 6.92 Å². The second kappa shape index (κ2) is 8.71. The van der Waals surface area contributed by atoms with Gasteiger partial charge in [-0.2, -0.15) is 0 Å². The Kier molecular flexibility index (Phi) is 6.10. The molecular weight excluding hydrogens is 360 g/mol. The van der Waals surface area contributed by atoms with Crippen molar-refractivity contribution in [2.75, 3.05) is 50.1 Å². The van der Waals surface area contributed by atoms with Crippen LogP contribution in [0.5, 0.6) is 5.75 Å². The van der Waals surface area contributed by atoms with Crippen LogP contribution in [0.25, 0.3) is 0 Å². The van der Waals surface area contributed by atoms with Crippen LogP contribution in [0.2, 0.25) is 0 Å². The molecule has 1 saturated heterocycles. The second-order valence-electron chi connectivity index (χ2n) is 6.94. The fourth-order valence-corrected chi connectivity index (χ4v) is 3.38. The van der Waals surface area contributed by atoms with E-state index < -0.39 is 4.92 Å². The molecule has 2 aromatic carbocycles. The van der Waals surface area contributed by atoms with Crippen LogP contribution in [0.4, 0.5) is 17.1 Å². The van der Waals surface area contributed by atoms with Crippen molar-refractivity contribution >= 4 is 23.0 Å². The smallest absolute Gasteiger partial charge is 0.279 e. The van der Waals surface area contributed by atoms with E-state index in [1.807, 2.05) is 25.1 Å². The fourth-order valence-electron chi connectivity index (χ4n) is 3.38. The number of amides is 1. The molecule has 1 fully saturated rings. The number of methoxy groups -OCH3 is 1. The van der Waals surface area contributed by atoms with Crippen molar-refractivity contribution in [1.29, 1.82) is 0 Å². The molecule has 0 radical (unpaired) electrons. The number of non-ortho nitro benzene ring substituents is 1. The maximum atomic E-state index is 12.4. The van der Waals surface area contributed by atoms with Crippen LogP contribution >= 0.6 is 0 Å². The zero-order valence-electron chi connectivity index (χ0n) is 16.1. The molecule has 1 amide bonds. The highest BCUT2D eigenvalue weighted by Gasteiger charge is 2.23. The molecule has 0 aromatic heterocycles. The molecule has 2 aromatic rings. The predicted molar refractivity (Wildman–Crippen MR) is 107 cm³/mol. The number of carbonyl (C=O) groups is 1. The third kappa shape index (κ3) is 4.77. The standard InChI is InChI=1S/C20H24N4O4/c1-15-3-8-19(28-2)18(13-15)21-20(25)14-22-9-11-23(12-10-22)16-4-6-17(7-5-16)24(26)27/h3-8,13H,9-12,14H2,1-2H3,(H,21,25)/p+1. The topological polar surface area (TPSA) is 89.2 Å². The highest BCUT2D eigenvalue weighted by Crippen LogP contribution is 2.25. The molecule has 3 rings (SSSR count). The molecule has 0 atom stereocenters. The maximum Gasteiger partial charge on any atom is 0.279 e. The molecule has 0 aliphatic carbocycles. The number of piperazine rings is 1. The van der Waals surface area contributed by atoms with Crippen molar-refractivity contribution in [1.82, 2.24) is 0 Å². The number of hydrogen-bond donors (Lipinski definition) is 2. The summed E-state index contributed by atoms with van der Waals surface area (Å²) in [5.41, 5.74) is 2.81. The quantitative estimate of drug-likeness (QED) is 0.577. The van der Waals surface area contributed by atoms with Gasteiger partial charge in [0.1, 0.15) is 5.75 Å². The number of anilines is 2. The molecular formula is C20H25N4O4+. The first-order valence-electron chi connectivity index (χ1n) is 9.23. The number of ether oxygens (including phenoxy) is 1. The lowest BCUT2D eigenvalue weighted by Gasteiger charge is -2.33. The highest BCUT2D eigenvalue weighted by molar-refractivity contribution is 5.93. The van der Waals surface area contributed by atoms with Crippen LogP contribution in [0.15, 0.2) is 42.5 Å². The Morgan fingerprint density at radius 1 is 1.21 bits per heavy atom. The molecule has 0 unspecified atom stereocenters. The first-order chi connectivity index (χ1) is 13.5. The number of nitrogens with zero attached hydrogens (tertiary/aromatic N) is 2. The van der Waals surface area contributed by atoms with Gasteiger partial charge >= 0.3 is 0 Å². The summed E-state index contributed by atoms with van der Waals surface area (Å²) in [6.07, 6.45) is 0. The van der Waals surface area contributed by atoms with Gasteiger partial charge in [0.2, 0.25) is 0 Å². The van der Waals surface area contributed by atoms with Crippen molar-refractivity contribution in [2.24, 2.45) is 0 Å². The minimum absolute atomic E-state index is 0.0392. The van der Waals surface area contributed by atoms with E-state index in [1.165, 1.54) is 17.0 Å². The zero-order chi connectivity index (χ0) is 20.1. The van der Waals surface area contributed by atoms with Crippen LogP contribution < -0.4 is 19.9 Å². The Bertz CT molecular complexity index is 846. The average molecular weight is 385 g/mol. The monoisotopic (exact) mass is 385 g/mol. The molecule has 8 nitrogen and oxygen atoms in total. The van der Waals surface area contributed by atoms with Crippen molar-refractivity contribution in [3.05, 3.63) is 58.1 Å². The molecule has 0 saturated carbocycles. The van der Waals surface area contributed by atoms with Crippen LogP contribution in [0, 0.1) is 17.0 Å². The summed E-state index contributed by atoms with van der Waals surface area (Å²) in [6.45, 7) is 5.62. The molecule has 148 valence electrons. The summed E-state index contributed by atoms with van der Waals surface area (Å²) in [5.74, 6) is 0.611. The van der Waals surface area contributed by atoms with Crippen molar-refractivity contribution in [3.8, 4) is 5.75 Å². The van der Waals surface area contributed by atoms with Crippen LogP contribution in [-0.4, -0.2) is 50.7 Å². The van der Waals surface area contributed by atoms with Gasteiger partial charge in [0, 0.05) is 17.8 Å². The molecule has 0 spiro atoms. The van der Waals surface area contributed by atoms with Gasteiger partial charge in [0.05, 0.1) is 43.9 Å². The van der Waals surface area contributed by atoms with E-state index in [0.717, 1.165) is 37.4 Å². The summed E-state index contributed by atoms with van der Waals surface area (Å²) in [4.78, 5) is 26.2. The van der Waals surface area contributed by atoms with E-state index in [-0.39, 0.29) is 11.6 Å². The molecule has 0 bridgehead atoms. The number of aryl methyl sites for hydroxylation is 1. The number of nitro benzene ring substituents is 1. The SMILES string of the molecule is COc1ccc(C)cc1NC(=O)C[NH+]1CCN(c2ccc([N+](=O)[O-])cc2)CC1. The Labute approximate surface area is 163 Å².